The average molecular weight is 423 g/mol. The Labute approximate surface area is 137 Å². The van der Waals surface area contributed by atoms with E-state index in [0.29, 0.717) is 19.6 Å². The van der Waals surface area contributed by atoms with Crippen LogP contribution in [-0.2, 0) is 0 Å². The average Bonchev–Trinajstić information content (AvgIpc) is 2.93. The summed E-state index contributed by atoms with van der Waals surface area (Å²) < 4.78 is 1.81. The van der Waals surface area contributed by atoms with Crippen molar-refractivity contribution in [2.75, 3.05) is 32.7 Å². The number of urea groups is 1. The van der Waals surface area contributed by atoms with Crippen LogP contribution in [0.3, 0.4) is 0 Å². The summed E-state index contributed by atoms with van der Waals surface area (Å²) in [6.45, 7) is 3.28. The normalized spacial score (nSPS) is 22.8. The Bertz CT molecular complexity index is 563. The summed E-state index contributed by atoms with van der Waals surface area (Å²) in [7, 11) is 0. The fourth-order valence-electron chi connectivity index (χ4n) is 2.63. The topological polar surface area (TPSA) is 52.7 Å². The Morgan fingerprint density at radius 1 is 1.45 bits per heavy atom. The van der Waals surface area contributed by atoms with E-state index in [-0.39, 0.29) is 17.9 Å². The van der Waals surface area contributed by atoms with Crippen LogP contribution in [-0.4, -0.2) is 60.4 Å². The summed E-state index contributed by atoms with van der Waals surface area (Å²) in [5, 5.41) is 2.84. The third-order valence-electron chi connectivity index (χ3n) is 3.64. The number of nitrogens with one attached hydrogen (secondary N) is 1. The molecule has 2 amide bonds. The monoisotopic (exact) mass is 421 g/mol. The van der Waals surface area contributed by atoms with Crippen LogP contribution >= 0.6 is 43.2 Å². The maximum Gasteiger partial charge on any atom is 0.317 e. The number of ketones is 1. The molecule has 0 spiro atoms. The first-order valence-electron chi connectivity index (χ1n) is 6.29. The maximum absolute atomic E-state index is 12.3. The van der Waals surface area contributed by atoms with Crippen molar-refractivity contribution in [3.8, 4) is 0 Å². The van der Waals surface area contributed by atoms with Gasteiger partial charge >= 0.3 is 6.03 Å². The number of halogens is 2. The molecule has 2 saturated heterocycles. The van der Waals surface area contributed by atoms with E-state index in [1.165, 1.54) is 11.3 Å². The lowest BCUT2D eigenvalue weighted by molar-refractivity contribution is 0.0838. The zero-order chi connectivity index (χ0) is 14.3. The highest BCUT2D eigenvalue weighted by Crippen LogP contribution is 2.32. The molecular formula is C12H13Br2N3O2S. The molecule has 3 heterocycles. The van der Waals surface area contributed by atoms with Crippen molar-refractivity contribution in [2.24, 2.45) is 0 Å². The second-order valence-corrected chi connectivity index (χ2v) is 8.68. The molecule has 1 unspecified atom stereocenters. The van der Waals surface area contributed by atoms with E-state index >= 15 is 0 Å². The minimum Gasteiger partial charge on any atom is -0.336 e. The molecule has 1 atom stereocenters. The Morgan fingerprint density at radius 3 is 2.95 bits per heavy atom. The van der Waals surface area contributed by atoms with E-state index in [4.69, 9.17) is 0 Å². The fraction of sp³-hybridized carbons (Fsp3) is 0.500. The third-order valence-corrected chi connectivity index (χ3v) is 5.98. The Morgan fingerprint density at radius 2 is 2.25 bits per heavy atom. The number of carbonyl (C=O) groups is 2. The molecule has 2 fully saturated rings. The molecule has 108 valence electrons. The van der Waals surface area contributed by atoms with Crippen LogP contribution in [0.5, 0.6) is 0 Å². The lowest BCUT2D eigenvalue weighted by atomic mass is 10.1. The van der Waals surface area contributed by atoms with Gasteiger partial charge < -0.3 is 10.2 Å². The van der Waals surface area contributed by atoms with Crippen molar-refractivity contribution in [3.63, 3.8) is 0 Å². The van der Waals surface area contributed by atoms with Gasteiger partial charge in [-0.15, -0.1) is 11.3 Å². The van der Waals surface area contributed by atoms with E-state index in [9.17, 15) is 9.59 Å². The lowest BCUT2D eigenvalue weighted by Crippen LogP contribution is -2.53. The van der Waals surface area contributed by atoms with Crippen molar-refractivity contribution in [1.29, 1.82) is 0 Å². The van der Waals surface area contributed by atoms with Gasteiger partial charge in [0, 0.05) is 31.7 Å². The first-order chi connectivity index (χ1) is 9.54. The summed E-state index contributed by atoms with van der Waals surface area (Å²) in [4.78, 5) is 27.8. The first-order valence-corrected chi connectivity index (χ1v) is 8.69. The van der Waals surface area contributed by atoms with Crippen molar-refractivity contribution < 1.29 is 9.59 Å². The number of hydrogen-bond acceptors (Lipinski definition) is 4. The zero-order valence-electron chi connectivity index (χ0n) is 10.6. The molecular weight excluding hydrogens is 410 g/mol. The molecule has 0 bridgehead atoms. The van der Waals surface area contributed by atoms with Crippen LogP contribution in [0.15, 0.2) is 13.6 Å². The number of piperazine rings is 1. The summed E-state index contributed by atoms with van der Waals surface area (Å²) >= 11 is 8.32. The highest BCUT2D eigenvalue weighted by atomic mass is 79.9. The molecule has 0 aliphatic carbocycles. The van der Waals surface area contributed by atoms with E-state index in [1.54, 1.807) is 0 Å². The van der Waals surface area contributed by atoms with Crippen LogP contribution < -0.4 is 5.32 Å². The molecule has 8 heteroatoms. The number of amides is 2. The van der Waals surface area contributed by atoms with Crippen LogP contribution in [0.25, 0.3) is 0 Å². The van der Waals surface area contributed by atoms with Crippen molar-refractivity contribution in [2.45, 2.75) is 6.04 Å². The minimum absolute atomic E-state index is 0.0190. The lowest BCUT2D eigenvalue weighted by Gasteiger charge is -2.35. The van der Waals surface area contributed by atoms with Crippen molar-refractivity contribution in [3.05, 3.63) is 19.2 Å². The molecule has 5 nitrogen and oxygen atoms in total. The molecule has 1 aromatic rings. The van der Waals surface area contributed by atoms with Crippen LogP contribution in [0.1, 0.15) is 10.4 Å². The van der Waals surface area contributed by atoms with Gasteiger partial charge in [-0.1, -0.05) is 0 Å². The van der Waals surface area contributed by atoms with E-state index in [0.717, 1.165) is 26.2 Å². The quantitative estimate of drug-likeness (QED) is 0.759. The van der Waals surface area contributed by atoms with Crippen LogP contribution in [0.2, 0.25) is 0 Å². The number of hydrogen-bond donors (Lipinski definition) is 1. The highest BCUT2D eigenvalue weighted by molar-refractivity contribution is 9.12. The Hall–Kier alpha value is -0.440. The van der Waals surface area contributed by atoms with E-state index < -0.39 is 0 Å². The fourth-order valence-corrected chi connectivity index (χ4v) is 5.49. The summed E-state index contributed by atoms with van der Waals surface area (Å²) in [6, 6.07) is 2.07. The molecule has 0 aromatic carbocycles. The number of rotatable bonds is 3. The van der Waals surface area contributed by atoms with Gasteiger partial charge in [-0.2, -0.15) is 0 Å². The first kappa shape index (κ1) is 14.5. The van der Waals surface area contributed by atoms with Crippen LogP contribution in [0, 0.1) is 0 Å². The van der Waals surface area contributed by atoms with Gasteiger partial charge in [0.05, 0.1) is 20.2 Å². The maximum atomic E-state index is 12.3. The molecule has 20 heavy (non-hydrogen) atoms. The van der Waals surface area contributed by atoms with Crippen molar-refractivity contribution >= 4 is 55.0 Å². The van der Waals surface area contributed by atoms with Gasteiger partial charge in [0.25, 0.3) is 0 Å². The van der Waals surface area contributed by atoms with Gasteiger partial charge in [-0.25, -0.2) is 4.79 Å². The Balaban J connectivity index is 1.63. The largest absolute Gasteiger partial charge is 0.336 e. The molecule has 1 N–H and O–H groups in total. The Kier molecular flexibility index (Phi) is 4.16. The minimum atomic E-state index is 0.0190. The molecule has 1 aromatic heterocycles. The summed E-state index contributed by atoms with van der Waals surface area (Å²) in [6.07, 6.45) is 0. The molecule has 2 aliphatic rings. The highest BCUT2D eigenvalue weighted by Gasteiger charge is 2.35. The smallest absolute Gasteiger partial charge is 0.317 e. The number of Topliss-reactive ketones (excluding diaryl/α,β-unsaturated/α-hetero) is 1. The molecule has 3 rings (SSSR count). The van der Waals surface area contributed by atoms with E-state index in [2.05, 4.69) is 42.1 Å². The standard InChI is InChI=1S/C12H13Br2N3O2S/c13-10-3-8(11(14)20-10)9(18)6-16-1-2-17-7(5-16)4-15-12(17)19/h3,7H,1-2,4-6H2,(H,15,19). The summed E-state index contributed by atoms with van der Waals surface area (Å²) in [5.41, 5.74) is 0.727. The molecule has 0 radical (unpaired) electrons. The molecule has 0 saturated carbocycles. The second-order valence-electron chi connectivity index (χ2n) is 4.93. The number of thiophene rings is 1. The van der Waals surface area contributed by atoms with Gasteiger partial charge in [0.15, 0.2) is 5.78 Å². The van der Waals surface area contributed by atoms with Gasteiger partial charge in [-0.3, -0.25) is 9.69 Å². The SMILES string of the molecule is O=C(CN1CCN2C(=O)NCC2C1)c1cc(Br)sc1Br. The molecule has 2 aliphatic heterocycles. The predicted molar refractivity (Wildman–Crippen MR) is 84.4 cm³/mol. The van der Waals surface area contributed by atoms with Crippen LogP contribution in [0.4, 0.5) is 4.79 Å². The van der Waals surface area contributed by atoms with E-state index in [1.807, 2.05) is 11.0 Å². The van der Waals surface area contributed by atoms with Crippen molar-refractivity contribution in [1.82, 2.24) is 15.1 Å². The predicted octanol–water partition coefficient (Wildman–Crippen LogP) is 2.17. The van der Waals surface area contributed by atoms with Gasteiger partial charge in [-0.05, 0) is 37.9 Å². The number of fused-ring (bicyclic) bond motifs is 1. The zero-order valence-corrected chi connectivity index (χ0v) is 14.6. The number of carbonyl (C=O) groups excluding carboxylic acids is 2. The second kappa shape index (κ2) is 5.75. The van der Waals surface area contributed by atoms with Gasteiger partial charge in [0.1, 0.15) is 0 Å². The van der Waals surface area contributed by atoms with Gasteiger partial charge in [0.2, 0.25) is 0 Å². The number of nitrogens with zero attached hydrogens (tertiary/aromatic N) is 2. The third kappa shape index (κ3) is 2.79. The summed E-state index contributed by atoms with van der Waals surface area (Å²) in [5.74, 6) is 0.115.